The molecule has 0 radical (unpaired) electrons. The SMILES string of the molecule is CC(Nc1ncc([N+](=O)[O-])cc1C#N)c1cn[nH]c1. The summed E-state index contributed by atoms with van der Waals surface area (Å²) in [5.74, 6) is 0.307. The Morgan fingerprint density at radius 3 is 2.95 bits per heavy atom. The second-order valence-electron chi connectivity index (χ2n) is 3.86. The molecular weight excluding hydrogens is 248 g/mol. The number of nitrogens with zero attached hydrogens (tertiary/aromatic N) is 4. The smallest absolute Gasteiger partial charge is 0.289 e. The van der Waals surface area contributed by atoms with Crippen LogP contribution in [0.2, 0.25) is 0 Å². The summed E-state index contributed by atoms with van der Waals surface area (Å²) < 4.78 is 0. The molecule has 0 aromatic carbocycles. The Kier molecular flexibility index (Phi) is 3.38. The van der Waals surface area contributed by atoms with Crippen molar-refractivity contribution >= 4 is 11.5 Å². The number of aromatic amines is 1. The van der Waals surface area contributed by atoms with Crippen LogP contribution in [0.1, 0.15) is 24.1 Å². The number of H-pyrrole nitrogens is 1. The van der Waals surface area contributed by atoms with Gasteiger partial charge in [-0.25, -0.2) is 4.98 Å². The van der Waals surface area contributed by atoms with Crippen molar-refractivity contribution < 1.29 is 4.92 Å². The van der Waals surface area contributed by atoms with Gasteiger partial charge in [-0.1, -0.05) is 0 Å². The van der Waals surface area contributed by atoms with E-state index < -0.39 is 4.92 Å². The summed E-state index contributed by atoms with van der Waals surface area (Å²) >= 11 is 0. The van der Waals surface area contributed by atoms with Crippen LogP contribution in [-0.2, 0) is 0 Å². The number of hydrogen-bond donors (Lipinski definition) is 2. The Balaban J connectivity index is 2.26. The zero-order valence-corrected chi connectivity index (χ0v) is 9.99. The van der Waals surface area contributed by atoms with E-state index in [-0.39, 0.29) is 17.3 Å². The lowest BCUT2D eigenvalue weighted by atomic mass is 10.2. The third-order valence-corrected chi connectivity index (χ3v) is 2.58. The number of pyridine rings is 1. The number of hydrogen-bond acceptors (Lipinski definition) is 6. The molecule has 2 aromatic rings. The van der Waals surface area contributed by atoms with Crippen molar-refractivity contribution in [2.24, 2.45) is 0 Å². The quantitative estimate of drug-likeness (QED) is 0.636. The highest BCUT2D eigenvalue weighted by Gasteiger charge is 2.14. The summed E-state index contributed by atoms with van der Waals surface area (Å²) in [5, 5.41) is 29.1. The number of anilines is 1. The molecule has 0 aliphatic carbocycles. The van der Waals surface area contributed by atoms with Gasteiger partial charge in [-0.2, -0.15) is 10.4 Å². The van der Waals surface area contributed by atoms with Gasteiger partial charge in [0.2, 0.25) is 0 Å². The van der Waals surface area contributed by atoms with Gasteiger partial charge in [0, 0.05) is 17.8 Å². The third-order valence-electron chi connectivity index (χ3n) is 2.58. The molecule has 0 spiro atoms. The van der Waals surface area contributed by atoms with E-state index in [1.54, 1.807) is 12.4 Å². The number of aromatic nitrogens is 3. The van der Waals surface area contributed by atoms with Gasteiger partial charge in [-0.05, 0) is 6.92 Å². The van der Waals surface area contributed by atoms with Crippen molar-refractivity contribution in [2.75, 3.05) is 5.32 Å². The minimum Gasteiger partial charge on any atom is -0.362 e. The van der Waals surface area contributed by atoms with Crippen LogP contribution in [0.15, 0.2) is 24.7 Å². The molecule has 19 heavy (non-hydrogen) atoms. The van der Waals surface area contributed by atoms with Gasteiger partial charge in [0.25, 0.3) is 5.69 Å². The van der Waals surface area contributed by atoms with E-state index in [0.29, 0.717) is 5.82 Å². The topological polar surface area (TPSA) is 121 Å². The standard InChI is InChI=1S/C11H10N6O2/c1-7(9-4-14-15-5-9)16-11-8(3-12)2-10(6-13-11)17(18)19/h2,4-7H,1H3,(H,13,16)(H,14,15). The fourth-order valence-corrected chi connectivity index (χ4v) is 1.54. The number of rotatable bonds is 4. The second kappa shape index (κ2) is 5.14. The number of nitrogens with one attached hydrogen (secondary N) is 2. The average molecular weight is 258 g/mol. The van der Waals surface area contributed by atoms with Gasteiger partial charge in [0.05, 0.1) is 17.2 Å². The van der Waals surface area contributed by atoms with Gasteiger partial charge < -0.3 is 5.32 Å². The largest absolute Gasteiger partial charge is 0.362 e. The summed E-state index contributed by atoms with van der Waals surface area (Å²) in [6.45, 7) is 1.87. The molecule has 0 saturated carbocycles. The van der Waals surface area contributed by atoms with Crippen LogP contribution in [-0.4, -0.2) is 20.1 Å². The summed E-state index contributed by atoms with van der Waals surface area (Å²) in [6.07, 6.45) is 4.48. The van der Waals surface area contributed by atoms with Crippen molar-refractivity contribution in [1.29, 1.82) is 5.26 Å². The van der Waals surface area contributed by atoms with Crippen molar-refractivity contribution in [3.05, 3.63) is 45.9 Å². The second-order valence-corrected chi connectivity index (χ2v) is 3.86. The molecule has 1 unspecified atom stereocenters. The lowest BCUT2D eigenvalue weighted by molar-refractivity contribution is -0.385. The Morgan fingerprint density at radius 1 is 1.58 bits per heavy atom. The lowest BCUT2D eigenvalue weighted by Gasteiger charge is -2.13. The molecule has 2 aromatic heterocycles. The van der Waals surface area contributed by atoms with E-state index >= 15 is 0 Å². The molecule has 0 aliphatic heterocycles. The fourth-order valence-electron chi connectivity index (χ4n) is 1.54. The molecule has 8 heteroatoms. The van der Waals surface area contributed by atoms with Crippen LogP contribution in [0.5, 0.6) is 0 Å². The Bertz CT molecular complexity index is 631. The molecule has 0 amide bonds. The first-order valence-electron chi connectivity index (χ1n) is 5.41. The predicted molar refractivity (Wildman–Crippen MR) is 66.2 cm³/mol. The third kappa shape index (κ3) is 2.66. The van der Waals surface area contributed by atoms with E-state index in [9.17, 15) is 10.1 Å². The average Bonchev–Trinajstić information content (AvgIpc) is 2.92. The molecule has 0 bridgehead atoms. The molecule has 0 saturated heterocycles. The van der Waals surface area contributed by atoms with Gasteiger partial charge >= 0.3 is 0 Å². The highest BCUT2D eigenvalue weighted by atomic mass is 16.6. The monoisotopic (exact) mass is 258 g/mol. The van der Waals surface area contributed by atoms with Crippen LogP contribution < -0.4 is 5.32 Å². The first kappa shape index (κ1) is 12.5. The van der Waals surface area contributed by atoms with E-state index in [2.05, 4.69) is 20.5 Å². The molecule has 2 N–H and O–H groups in total. The maximum absolute atomic E-state index is 10.6. The zero-order valence-electron chi connectivity index (χ0n) is 9.99. The maximum atomic E-state index is 10.6. The van der Waals surface area contributed by atoms with E-state index in [1.165, 1.54) is 6.07 Å². The maximum Gasteiger partial charge on any atom is 0.289 e. The van der Waals surface area contributed by atoms with Gasteiger partial charge in [-0.15, -0.1) is 0 Å². The first-order chi connectivity index (χ1) is 9.11. The predicted octanol–water partition coefficient (Wildman–Crippen LogP) is 1.76. The fraction of sp³-hybridized carbons (Fsp3) is 0.182. The van der Waals surface area contributed by atoms with E-state index in [4.69, 9.17) is 5.26 Å². The Morgan fingerprint density at radius 2 is 2.37 bits per heavy atom. The molecule has 1 atom stereocenters. The minimum absolute atomic E-state index is 0.125. The van der Waals surface area contributed by atoms with Gasteiger partial charge in [0.15, 0.2) is 0 Å². The molecule has 96 valence electrons. The van der Waals surface area contributed by atoms with Crippen molar-refractivity contribution in [3.63, 3.8) is 0 Å². The summed E-state index contributed by atoms with van der Waals surface area (Å²) in [6, 6.07) is 2.96. The molecule has 2 heterocycles. The highest BCUT2D eigenvalue weighted by Crippen LogP contribution is 2.22. The molecular formula is C11H10N6O2. The first-order valence-corrected chi connectivity index (χ1v) is 5.41. The van der Waals surface area contributed by atoms with Crippen LogP contribution in [0, 0.1) is 21.4 Å². The summed E-state index contributed by atoms with van der Waals surface area (Å²) in [5.41, 5.74) is 0.812. The normalized spacial score (nSPS) is 11.6. The summed E-state index contributed by atoms with van der Waals surface area (Å²) in [4.78, 5) is 13.9. The molecule has 0 fully saturated rings. The van der Waals surface area contributed by atoms with Crippen molar-refractivity contribution in [2.45, 2.75) is 13.0 Å². The van der Waals surface area contributed by atoms with Crippen LogP contribution in [0.25, 0.3) is 0 Å². The number of nitro groups is 1. The number of nitriles is 1. The minimum atomic E-state index is -0.586. The molecule has 8 nitrogen and oxygen atoms in total. The van der Waals surface area contributed by atoms with Crippen LogP contribution in [0.3, 0.4) is 0 Å². The van der Waals surface area contributed by atoms with E-state index in [1.807, 2.05) is 13.0 Å². The Hall–Kier alpha value is -2.95. The van der Waals surface area contributed by atoms with E-state index in [0.717, 1.165) is 11.8 Å². The van der Waals surface area contributed by atoms with Crippen LogP contribution >= 0.6 is 0 Å². The lowest BCUT2D eigenvalue weighted by Crippen LogP contribution is -2.09. The van der Waals surface area contributed by atoms with Crippen LogP contribution in [0.4, 0.5) is 11.5 Å². The molecule has 2 rings (SSSR count). The van der Waals surface area contributed by atoms with Gasteiger partial charge in [-0.3, -0.25) is 15.2 Å². The van der Waals surface area contributed by atoms with Crippen molar-refractivity contribution in [1.82, 2.24) is 15.2 Å². The highest BCUT2D eigenvalue weighted by molar-refractivity contribution is 5.56. The van der Waals surface area contributed by atoms with Gasteiger partial charge in [0.1, 0.15) is 23.6 Å². The van der Waals surface area contributed by atoms with Crippen molar-refractivity contribution in [3.8, 4) is 6.07 Å². The Labute approximate surface area is 108 Å². The summed E-state index contributed by atoms with van der Waals surface area (Å²) in [7, 11) is 0. The molecule has 0 aliphatic rings. The zero-order chi connectivity index (χ0) is 13.8.